The molecule has 0 aliphatic heterocycles. The maximum atomic E-state index is 11.4. The van der Waals surface area contributed by atoms with Gasteiger partial charge in [0.1, 0.15) is 12.4 Å². The molecule has 1 aliphatic carbocycles. The van der Waals surface area contributed by atoms with Crippen LogP contribution in [0.3, 0.4) is 0 Å². The highest BCUT2D eigenvalue weighted by Gasteiger charge is 2.18. The Bertz CT molecular complexity index is 1310. The Labute approximate surface area is 211 Å². The predicted molar refractivity (Wildman–Crippen MR) is 141 cm³/mol. The van der Waals surface area contributed by atoms with Crippen molar-refractivity contribution in [3.8, 4) is 0 Å². The van der Waals surface area contributed by atoms with Gasteiger partial charge in [-0.15, -0.1) is 0 Å². The standard InChI is InChI=1S/C29H33N5O2/c1-33(18-22-8-4-2-5-9-22)28-27-29(34(20-30-27)19-26(35)36)32-25(31-28)17-14-21-12-15-24(16-13-21)23-10-6-3-7-11-23/h2,4-5,8-9,12-13,15-16,20,23H,3,6-7,10-11,14,17-19H2,1H3,(H,35,36). The van der Waals surface area contributed by atoms with E-state index in [9.17, 15) is 9.90 Å². The average Bonchev–Trinajstić information content (AvgIpc) is 3.30. The number of nitrogens with zero attached hydrogens (tertiary/aromatic N) is 5. The van der Waals surface area contributed by atoms with Crippen molar-refractivity contribution < 1.29 is 9.90 Å². The van der Waals surface area contributed by atoms with E-state index >= 15 is 0 Å². The number of carboxylic acid groups (broad SMARTS) is 1. The molecular weight excluding hydrogens is 450 g/mol. The topological polar surface area (TPSA) is 84.1 Å². The summed E-state index contributed by atoms with van der Waals surface area (Å²) in [5, 5.41) is 9.35. The number of hydrogen-bond donors (Lipinski definition) is 1. The number of aryl methyl sites for hydroxylation is 2. The van der Waals surface area contributed by atoms with E-state index in [0.717, 1.165) is 17.8 Å². The molecule has 0 atom stereocenters. The first kappa shape index (κ1) is 24.0. The summed E-state index contributed by atoms with van der Waals surface area (Å²) in [6, 6.07) is 19.2. The van der Waals surface area contributed by atoms with Crippen molar-refractivity contribution in [1.82, 2.24) is 19.5 Å². The lowest BCUT2D eigenvalue weighted by Crippen LogP contribution is -2.19. The van der Waals surface area contributed by atoms with Gasteiger partial charge in [0.25, 0.3) is 0 Å². The number of aliphatic carboxylic acids is 1. The molecular formula is C29H33N5O2. The molecule has 2 heterocycles. The van der Waals surface area contributed by atoms with Crippen LogP contribution in [0.25, 0.3) is 11.2 Å². The van der Waals surface area contributed by atoms with Gasteiger partial charge in [-0.3, -0.25) is 4.79 Å². The number of imidazole rings is 1. The van der Waals surface area contributed by atoms with Gasteiger partial charge < -0.3 is 14.6 Å². The number of carbonyl (C=O) groups is 1. The number of anilines is 1. The van der Waals surface area contributed by atoms with Crippen LogP contribution in [-0.2, 0) is 30.7 Å². The average molecular weight is 484 g/mol. The zero-order chi connectivity index (χ0) is 24.9. The molecule has 7 heteroatoms. The maximum absolute atomic E-state index is 11.4. The van der Waals surface area contributed by atoms with Crippen LogP contribution in [0.1, 0.15) is 60.5 Å². The highest BCUT2D eigenvalue weighted by atomic mass is 16.4. The molecule has 36 heavy (non-hydrogen) atoms. The van der Waals surface area contributed by atoms with Gasteiger partial charge in [0.05, 0.1) is 6.33 Å². The van der Waals surface area contributed by atoms with Gasteiger partial charge in [0.2, 0.25) is 0 Å². The fraction of sp³-hybridized carbons (Fsp3) is 0.379. The molecule has 2 aromatic carbocycles. The first-order chi connectivity index (χ1) is 17.6. The molecule has 1 N–H and O–H groups in total. The molecule has 0 radical (unpaired) electrons. The summed E-state index contributed by atoms with van der Waals surface area (Å²) in [6.45, 7) is 0.484. The fourth-order valence-electron chi connectivity index (χ4n) is 5.19. The number of aromatic nitrogens is 4. The molecule has 4 aromatic rings. The molecule has 0 unspecified atom stereocenters. The second-order valence-corrected chi connectivity index (χ2v) is 9.82. The van der Waals surface area contributed by atoms with Crippen LogP contribution in [0, 0.1) is 0 Å². The molecule has 1 aliphatic rings. The van der Waals surface area contributed by atoms with Gasteiger partial charge in [0, 0.05) is 20.0 Å². The van der Waals surface area contributed by atoms with Crippen LogP contribution in [0.5, 0.6) is 0 Å². The molecule has 0 amide bonds. The second kappa shape index (κ2) is 10.9. The lowest BCUT2D eigenvalue weighted by molar-refractivity contribution is -0.137. The number of carboxylic acids is 1. The Morgan fingerprint density at radius 3 is 2.44 bits per heavy atom. The summed E-state index contributed by atoms with van der Waals surface area (Å²) < 4.78 is 1.58. The summed E-state index contributed by atoms with van der Waals surface area (Å²) in [4.78, 5) is 27.6. The molecule has 1 saturated carbocycles. The number of fused-ring (bicyclic) bond motifs is 1. The van der Waals surface area contributed by atoms with E-state index in [1.807, 2.05) is 25.2 Å². The van der Waals surface area contributed by atoms with E-state index in [2.05, 4.69) is 46.3 Å². The van der Waals surface area contributed by atoms with Crippen LogP contribution in [0.4, 0.5) is 5.82 Å². The molecule has 0 spiro atoms. The van der Waals surface area contributed by atoms with E-state index in [1.54, 1.807) is 10.9 Å². The van der Waals surface area contributed by atoms with Gasteiger partial charge in [0.15, 0.2) is 17.0 Å². The van der Waals surface area contributed by atoms with E-state index in [0.29, 0.717) is 35.9 Å². The lowest BCUT2D eigenvalue weighted by atomic mass is 9.84. The van der Waals surface area contributed by atoms with Crippen LogP contribution >= 0.6 is 0 Å². The zero-order valence-corrected chi connectivity index (χ0v) is 20.8. The minimum atomic E-state index is -0.924. The smallest absolute Gasteiger partial charge is 0.323 e. The van der Waals surface area contributed by atoms with E-state index < -0.39 is 5.97 Å². The van der Waals surface area contributed by atoms with Crippen LogP contribution in [0.2, 0.25) is 0 Å². The predicted octanol–water partition coefficient (Wildman–Crippen LogP) is 5.38. The molecule has 0 saturated heterocycles. The molecule has 1 fully saturated rings. The third-order valence-electron chi connectivity index (χ3n) is 7.12. The van der Waals surface area contributed by atoms with Crippen LogP contribution in [0.15, 0.2) is 60.9 Å². The van der Waals surface area contributed by atoms with Gasteiger partial charge in [-0.1, -0.05) is 73.9 Å². The Morgan fingerprint density at radius 2 is 1.72 bits per heavy atom. The lowest BCUT2D eigenvalue weighted by Gasteiger charge is -2.22. The normalized spacial score (nSPS) is 14.2. The van der Waals surface area contributed by atoms with Crippen molar-refractivity contribution in [3.63, 3.8) is 0 Å². The highest BCUT2D eigenvalue weighted by Crippen LogP contribution is 2.32. The van der Waals surface area contributed by atoms with Gasteiger partial charge in [-0.2, -0.15) is 0 Å². The Hall–Kier alpha value is -3.74. The van der Waals surface area contributed by atoms with Crippen molar-refractivity contribution in [3.05, 3.63) is 83.4 Å². The second-order valence-electron chi connectivity index (χ2n) is 9.82. The van der Waals surface area contributed by atoms with Crippen molar-refractivity contribution >= 4 is 23.0 Å². The summed E-state index contributed by atoms with van der Waals surface area (Å²) in [6.07, 6.45) is 9.69. The highest BCUT2D eigenvalue weighted by molar-refractivity contribution is 5.84. The fourth-order valence-corrected chi connectivity index (χ4v) is 5.19. The summed E-state index contributed by atoms with van der Waals surface area (Å²) in [5.41, 5.74) is 5.06. The van der Waals surface area contributed by atoms with E-state index in [1.165, 1.54) is 43.2 Å². The maximum Gasteiger partial charge on any atom is 0.323 e. The summed E-state index contributed by atoms with van der Waals surface area (Å²) >= 11 is 0. The summed E-state index contributed by atoms with van der Waals surface area (Å²) in [5.74, 6) is 1.19. The number of benzene rings is 2. The summed E-state index contributed by atoms with van der Waals surface area (Å²) in [7, 11) is 1.98. The van der Waals surface area contributed by atoms with Crippen molar-refractivity contribution in [2.24, 2.45) is 0 Å². The van der Waals surface area contributed by atoms with Crippen molar-refractivity contribution in [2.75, 3.05) is 11.9 Å². The van der Waals surface area contributed by atoms with Crippen molar-refractivity contribution in [1.29, 1.82) is 0 Å². The molecule has 0 bridgehead atoms. The number of hydrogen-bond acceptors (Lipinski definition) is 5. The van der Waals surface area contributed by atoms with Gasteiger partial charge in [-0.25, -0.2) is 15.0 Å². The quantitative estimate of drug-likeness (QED) is 0.344. The van der Waals surface area contributed by atoms with E-state index in [-0.39, 0.29) is 6.54 Å². The third kappa shape index (κ3) is 5.56. The first-order valence-corrected chi connectivity index (χ1v) is 12.8. The van der Waals surface area contributed by atoms with Gasteiger partial charge in [-0.05, 0) is 41.9 Å². The largest absolute Gasteiger partial charge is 0.480 e. The van der Waals surface area contributed by atoms with Gasteiger partial charge >= 0.3 is 5.97 Å². The molecule has 2 aromatic heterocycles. The Kier molecular flexibility index (Phi) is 7.26. The van der Waals surface area contributed by atoms with Crippen molar-refractivity contribution in [2.45, 2.75) is 64.0 Å². The van der Waals surface area contributed by atoms with Crippen LogP contribution in [-0.4, -0.2) is 37.6 Å². The Balaban J connectivity index is 1.38. The SMILES string of the molecule is CN(Cc1ccccc1)c1nc(CCc2ccc(C3CCCCC3)cc2)nc2c1ncn2CC(=O)O. The first-order valence-electron chi connectivity index (χ1n) is 12.8. The molecule has 5 rings (SSSR count). The minimum absolute atomic E-state index is 0.183. The third-order valence-corrected chi connectivity index (χ3v) is 7.12. The molecule has 7 nitrogen and oxygen atoms in total. The number of rotatable bonds is 9. The zero-order valence-electron chi connectivity index (χ0n) is 20.8. The minimum Gasteiger partial charge on any atom is -0.480 e. The molecule has 186 valence electrons. The Morgan fingerprint density at radius 1 is 0.972 bits per heavy atom. The van der Waals surface area contributed by atoms with E-state index in [4.69, 9.17) is 9.97 Å². The van der Waals surface area contributed by atoms with Crippen LogP contribution < -0.4 is 4.90 Å². The monoisotopic (exact) mass is 483 g/mol.